The molecule has 23 heavy (non-hydrogen) atoms. The van der Waals surface area contributed by atoms with Crippen LogP contribution in [-0.4, -0.2) is 50.2 Å². The molecule has 1 rings (SSSR count). The second-order valence-electron chi connectivity index (χ2n) is 4.96. The highest BCUT2D eigenvalue weighted by atomic mass is 16.5. The number of carbonyl (C=O) groups excluding carboxylic acids is 2. The van der Waals surface area contributed by atoms with E-state index >= 15 is 0 Å². The number of carbonyl (C=O) groups is 2. The summed E-state index contributed by atoms with van der Waals surface area (Å²) in [5.41, 5.74) is 1.10. The lowest BCUT2D eigenvalue weighted by Gasteiger charge is -2.21. The van der Waals surface area contributed by atoms with Gasteiger partial charge in [0.05, 0.1) is 13.2 Å². The zero-order valence-electron chi connectivity index (χ0n) is 13.9. The van der Waals surface area contributed by atoms with Gasteiger partial charge in [0.2, 0.25) is 5.91 Å². The van der Waals surface area contributed by atoms with Crippen molar-refractivity contribution in [2.75, 3.05) is 33.4 Å². The van der Waals surface area contributed by atoms with E-state index < -0.39 is 5.97 Å². The molecule has 1 aromatic carbocycles. The van der Waals surface area contributed by atoms with Crippen LogP contribution in [0.4, 0.5) is 0 Å². The Morgan fingerprint density at radius 2 is 1.96 bits per heavy atom. The molecule has 0 bridgehead atoms. The number of nitrogens with zero attached hydrogens (tertiary/aromatic N) is 1. The van der Waals surface area contributed by atoms with Crippen LogP contribution in [0.15, 0.2) is 36.4 Å². The van der Waals surface area contributed by atoms with Gasteiger partial charge in [0, 0.05) is 20.1 Å². The Balaban J connectivity index is 2.45. The summed E-state index contributed by atoms with van der Waals surface area (Å²) in [6.45, 7) is 2.80. The quantitative estimate of drug-likeness (QED) is 0.622. The summed E-state index contributed by atoms with van der Waals surface area (Å²) in [5, 5.41) is 0. The second-order valence-corrected chi connectivity index (χ2v) is 4.96. The molecule has 1 amide bonds. The van der Waals surface area contributed by atoms with E-state index in [1.165, 1.54) is 4.90 Å². The molecule has 0 aromatic heterocycles. The van der Waals surface area contributed by atoms with Gasteiger partial charge in [-0.05, 0) is 18.9 Å². The van der Waals surface area contributed by atoms with Gasteiger partial charge in [-0.15, -0.1) is 0 Å². The monoisotopic (exact) mass is 319 g/mol. The number of esters is 1. The summed E-state index contributed by atoms with van der Waals surface area (Å²) in [6, 6.07) is 9.91. The van der Waals surface area contributed by atoms with Crippen molar-refractivity contribution in [1.29, 1.82) is 0 Å². The lowest BCUT2D eigenvalue weighted by molar-refractivity contribution is -0.149. The van der Waals surface area contributed by atoms with Gasteiger partial charge in [-0.25, -0.2) is 0 Å². The molecule has 0 aliphatic heterocycles. The first-order chi connectivity index (χ1) is 11.2. The van der Waals surface area contributed by atoms with E-state index in [-0.39, 0.29) is 12.5 Å². The minimum atomic E-state index is -0.392. The molecule has 0 aliphatic carbocycles. The highest BCUT2D eigenvalue weighted by Crippen LogP contribution is 2.05. The molecule has 5 heteroatoms. The molecule has 0 saturated carbocycles. The van der Waals surface area contributed by atoms with Gasteiger partial charge >= 0.3 is 5.97 Å². The fraction of sp³-hybridized carbons (Fsp3) is 0.444. The predicted octanol–water partition coefficient (Wildman–Crippen LogP) is 2.52. The Labute approximate surface area is 137 Å². The first kappa shape index (κ1) is 18.9. The van der Waals surface area contributed by atoms with Crippen LogP contribution in [0.25, 0.3) is 6.08 Å². The van der Waals surface area contributed by atoms with Gasteiger partial charge in [0.15, 0.2) is 0 Å². The third-order valence-electron chi connectivity index (χ3n) is 3.18. The van der Waals surface area contributed by atoms with Crippen molar-refractivity contribution in [2.24, 2.45) is 0 Å². The van der Waals surface area contributed by atoms with Crippen molar-refractivity contribution >= 4 is 18.0 Å². The second kappa shape index (κ2) is 11.4. The number of hydrogen-bond acceptors (Lipinski definition) is 4. The lowest BCUT2D eigenvalue weighted by Crippen LogP contribution is -2.38. The first-order valence-electron chi connectivity index (χ1n) is 7.81. The molecular weight excluding hydrogens is 294 g/mol. The molecule has 0 N–H and O–H groups in total. The molecule has 126 valence electrons. The number of ether oxygens (including phenoxy) is 2. The molecule has 0 unspecified atom stereocenters. The number of benzene rings is 1. The average Bonchev–Trinajstić information content (AvgIpc) is 2.56. The van der Waals surface area contributed by atoms with Gasteiger partial charge in [-0.1, -0.05) is 42.5 Å². The molecule has 1 aromatic rings. The Morgan fingerprint density at radius 1 is 1.22 bits per heavy atom. The summed E-state index contributed by atoms with van der Waals surface area (Å²) < 4.78 is 9.89. The summed E-state index contributed by atoms with van der Waals surface area (Å²) in [6.07, 6.45) is 4.93. The largest absolute Gasteiger partial charge is 0.465 e. The Hall–Kier alpha value is -2.14. The number of hydrogen-bond donors (Lipinski definition) is 0. The molecule has 0 radical (unpaired) electrons. The van der Waals surface area contributed by atoms with E-state index in [0.717, 1.165) is 5.56 Å². The van der Waals surface area contributed by atoms with E-state index in [1.54, 1.807) is 14.0 Å². The van der Waals surface area contributed by atoms with Crippen molar-refractivity contribution in [1.82, 2.24) is 4.90 Å². The Kier molecular flexibility index (Phi) is 9.40. The minimum Gasteiger partial charge on any atom is -0.465 e. The molecule has 0 fully saturated rings. The smallest absolute Gasteiger partial charge is 0.325 e. The number of allylic oxidation sites excluding steroid dienone is 1. The number of amides is 1. The Morgan fingerprint density at radius 3 is 2.61 bits per heavy atom. The van der Waals surface area contributed by atoms with Gasteiger partial charge in [-0.2, -0.15) is 0 Å². The fourth-order valence-electron chi connectivity index (χ4n) is 2.00. The van der Waals surface area contributed by atoms with Crippen molar-refractivity contribution < 1.29 is 19.1 Å². The highest BCUT2D eigenvalue weighted by molar-refractivity contribution is 5.82. The molecule has 0 aliphatic rings. The topological polar surface area (TPSA) is 55.8 Å². The predicted molar refractivity (Wildman–Crippen MR) is 89.8 cm³/mol. The van der Waals surface area contributed by atoms with Crippen LogP contribution in [0, 0.1) is 0 Å². The molecule has 5 nitrogen and oxygen atoms in total. The van der Waals surface area contributed by atoms with E-state index in [9.17, 15) is 9.59 Å². The summed E-state index contributed by atoms with van der Waals surface area (Å²) in [4.78, 5) is 25.3. The maximum Gasteiger partial charge on any atom is 0.325 e. The molecular formula is C18H25NO4. The van der Waals surface area contributed by atoms with Gasteiger partial charge in [0.1, 0.15) is 6.54 Å². The molecule has 0 heterocycles. The van der Waals surface area contributed by atoms with Gasteiger partial charge in [0.25, 0.3) is 0 Å². The van der Waals surface area contributed by atoms with Crippen molar-refractivity contribution in [3.63, 3.8) is 0 Å². The first-order valence-corrected chi connectivity index (χ1v) is 7.81. The van der Waals surface area contributed by atoms with Crippen LogP contribution in [0.1, 0.15) is 25.3 Å². The van der Waals surface area contributed by atoms with Crippen LogP contribution >= 0.6 is 0 Å². The molecule has 0 saturated heterocycles. The van der Waals surface area contributed by atoms with Gasteiger partial charge in [-0.3, -0.25) is 9.59 Å². The Bertz CT molecular complexity index is 499. The summed E-state index contributed by atoms with van der Waals surface area (Å²) in [7, 11) is 1.57. The third-order valence-corrected chi connectivity index (χ3v) is 3.18. The van der Waals surface area contributed by atoms with E-state index in [1.807, 2.05) is 42.5 Å². The van der Waals surface area contributed by atoms with E-state index in [2.05, 4.69) is 0 Å². The maximum absolute atomic E-state index is 12.2. The summed E-state index contributed by atoms with van der Waals surface area (Å²) >= 11 is 0. The number of methoxy groups -OCH3 is 1. The van der Waals surface area contributed by atoms with Crippen molar-refractivity contribution in [3.05, 3.63) is 42.0 Å². The van der Waals surface area contributed by atoms with Crippen LogP contribution in [0.2, 0.25) is 0 Å². The van der Waals surface area contributed by atoms with Crippen LogP contribution in [0.3, 0.4) is 0 Å². The number of rotatable bonds is 10. The standard InChI is InChI=1S/C18H25NO4/c1-3-23-18(21)15-19(13-14-22-2)17(20)12-8-7-11-16-9-5-4-6-10-16/h4-7,9-11H,3,8,12-15H2,1-2H3. The average molecular weight is 319 g/mol. The molecule has 0 spiro atoms. The normalized spacial score (nSPS) is 10.7. The molecule has 0 atom stereocenters. The zero-order chi connectivity index (χ0) is 16.9. The van der Waals surface area contributed by atoms with Crippen molar-refractivity contribution in [2.45, 2.75) is 19.8 Å². The van der Waals surface area contributed by atoms with E-state index in [4.69, 9.17) is 9.47 Å². The SMILES string of the molecule is CCOC(=O)CN(CCOC)C(=O)CCC=Cc1ccccc1. The fourth-order valence-corrected chi connectivity index (χ4v) is 2.00. The van der Waals surface area contributed by atoms with Gasteiger partial charge < -0.3 is 14.4 Å². The van der Waals surface area contributed by atoms with Crippen molar-refractivity contribution in [3.8, 4) is 0 Å². The summed E-state index contributed by atoms with van der Waals surface area (Å²) in [5.74, 6) is -0.468. The highest BCUT2D eigenvalue weighted by Gasteiger charge is 2.16. The van der Waals surface area contributed by atoms with Crippen LogP contribution < -0.4 is 0 Å². The lowest BCUT2D eigenvalue weighted by atomic mass is 10.2. The zero-order valence-corrected chi connectivity index (χ0v) is 13.9. The van der Waals surface area contributed by atoms with Crippen LogP contribution in [-0.2, 0) is 19.1 Å². The maximum atomic E-state index is 12.2. The third kappa shape index (κ3) is 8.16. The van der Waals surface area contributed by atoms with E-state index in [0.29, 0.717) is 32.6 Å². The minimum absolute atomic E-state index is 0.0293. The van der Waals surface area contributed by atoms with Crippen LogP contribution in [0.5, 0.6) is 0 Å².